The molecule has 0 saturated heterocycles. The molecule has 0 fully saturated rings. The molecule has 0 aliphatic rings. The van der Waals surface area contributed by atoms with Crippen LogP contribution in [0.3, 0.4) is 0 Å². The van der Waals surface area contributed by atoms with E-state index in [1.54, 1.807) is 6.20 Å². The van der Waals surface area contributed by atoms with E-state index in [4.69, 9.17) is 5.73 Å². The number of aryl methyl sites for hydroxylation is 1. The molecule has 4 nitrogen and oxygen atoms in total. The number of imidazole rings is 1. The monoisotopic (exact) mass is 361 g/mol. The first-order valence-electron chi connectivity index (χ1n) is 10.7. The molecule has 1 aromatic heterocycles. The Labute approximate surface area is 160 Å². The predicted molar refractivity (Wildman–Crippen MR) is 110 cm³/mol. The minimum absolute atomic E-state index is 0.373. The minimum Gasteiger partial charge on any atom is -0.363 e. The first-order chi connectivity index (χ1) is 12.8. The molecule has 0 radical (unpaired) electrons. The maximum atomic E-state index is 11.2. The van der Waals surface area contributed by atoms with Gasteiger partial charge in [-0.3, -0.25) is 4.79 Å². The largest absolute Gasteiger partial charge is 0.363 e. The van der Waals surface area contributed by atoms with Gasteiger partial charge in [0.25, 0.3) is 5.91 Å². The van der Waals surface area contributed by atoms with Crippen LogP contribution < -0.4 is 5.73 Å². The Kier molecular flexibility index (Phi) is 13.5. The molecule has 1 aromatic rings. The number of aromatic nitrogens is 2. The van der Waals surface area contributed by atoms with Gasteiger partial charge in [-0.2, -0.15) is 0 Å². The van der Waals surface area contributed by atoms with Gasteiger partial charge in [0.1, 0.15) is 0 Å². The maximum Gasteiger partial charge on any atom is 0.284 e. The van der Waals surface area contributed by atoms with E-state index in [1.165, 1.54) is 83.5 Å². The molecule has 2 N–H and O–H groups in total. The third-order valence-electron chi connectivity index (χ3n) is 4.85. The summed E-state index contributed by atoms with van der Waals surface area (Å²) in [7, 11) is 0. The van der Waals surface area contributed by atoms with Crippen molar-refractivity contribution < 1.29 is 4.79 Å². The van der Waals surface area contributed by atoms with Gasteiger partial charge in [0.15, 0.2) is 5.82 Å². The van der Waals surface area contributed by atoms with E-state index in [0.717, 1.165) is 13.0 Å². The molecule has 26 heavy (non-hydrogen) atoms. The number of hydrogen-bond donors (Lipinski definition) is 1. The van der Waals surface area contributed by atoms with E-state index in [0.29, 0.717) is 5.82 Å². The summed E-state index contributed by atoms with van der Waals surface area (Å²) in [4.78, 5) is 15.2. The molecule has 1 rings (SSSR count). The summed E-state index contributed by atoms with van der Waals surface area (Å²) < 4.78 is 1.86. The lowest BCUT2D eigenvalue weighted by Gasteiger charge is -2.05. The van der Waals surface area contributed by atoms with Crippen LogP contribution >= 0.6 is 0 Å². The summed E-state index contributed by atoms with van der Waals surface area (Å²) in [5.74, 6) is -0.0719. The third kappa shape index (κ3) is 11.1. The number of rotatable bonds is 17. The molecule has 0 unspecified atom stereocenters. The highest BCUT2D eigenvalue weighted by Gasteiger charge is 2.07. The van der Waals surface area contributed by atoms with Crippen molar-refractivity contribution in [2.24, 2.45) is 5.73 Å². The Morgan fingerprint density at radius 1 is 0.923 bits per heavy atom. The molecule has 0 aliphatic heterocycles. The summed E-state index contributed by atoms with van der Waals surface area (Å²) in [5, 5.41) is 0. The number of carbonyl (C=O) groups is 1. The van der Waals surface area contributed by atoms with E-state index < -0.39 is 5.91 Å². The van der Waals surface area contributed by atoms with E-state index in [-0.39, 0.29) is 0 Å². The first-order valence-corrected chi connectivity index (χ1v) is 10.7. The van der Waals surface area contributed by atoms with Crippen LogP contribution in [0.1, 0.15) is 107 Å². The normalized spacial score (nSPS) is 11.4. The van der Waals surface area contributed by atoms with Crippen LogP contribution in [0.5, 0.6) is 0 Å². The second-order valence-electron chi connectivity index (χ2n) is 7.25. The van der Waals surface area contributed by atoms with Gasteiger partial charge in [0.05, 0.1) is 0 Å². The van der Waals surface area contributed by atoms with Gasteiger partial charge in [-0.05, 0) is 32.1 Å². The zero-order valence-electron chi connectivity index (χ0n) is 16.8. The lowest BCUT2D eigenvalue weighted by molar-refractivity contribution is 0.0986. The molecular weight excluding hydrogens is 322 g/mol. The maximum absolute atomic E-state index is 11.2. The summed E-state index contributed by atoms with van der Waals surface area (Å²) in [6.45, 7) is 3.10. The lowest BCUT2D eigenvalue weighted by Crippen LogP contribution is -2.18. The number of nitrogens with two attached hydrogens (primary N) is 1. The van der Waals surface area contributed by atoms with Gasteiger partial charge in [0.2, 0.25) is 0 Å². The van der Waals surface area contributed by atoms with Crippen molar-refractivity contribution in [2.75, 3.05) is 0 Å². The summed E-state index contributed by atoms with van der Waals surface area (Å²) >= 11 is 0. The fourth-order valence-corrected chi connectivity index (χ4v) is 3.24. The molecule has 0 aliphatic carbocycles. The third-order valence-corrected chi connectivity index (χ3v) is 4.85. The first kappa shape index (κ1) is 22.5. The van der Waals surface area contributed by atoms with Crippen molar-refractivity contribution in [3.63, 3.8) is 0 Å². The van der Waals surface area contributed by atoms with Gasteiger partial charge in [-0.25, -0.2) is 4.98 Å². The zero-order chi connectivity index (χ0) is 18.9. The number of nitrogens with zero attached hydrogens (tertiary/aromatic N) is 2. The molecule has 0 spiro atoms. The van der Waals surface area contributed by atoms with Crippen LogP contribution in [-0.4, -0.2) is 15.5 Å². The van der Waals surface area contributed by atoms with Crippen LogP contribution in [0, 0.1) is 0 Å². The minimum atomic E-state index is -0.445. The highest BCUT2D eigenvalue weighted by atomic mass is 16.1. The van der Waals surface area contributed by atoms with Crippen molar-refractivity contribution in [3.8, 4) is 0 Å². The van der Waals surface area contributed by atoms with Crippen molar-refractivity contribution >= 4 is 5.91 Å². The molecule has 0 atom stereocenters. The van der Waals surface area contributed by atoms with Crippen LogP contribution in [0.4, 0.5) is 0 Å². The van der Waals surface area contributed by atoms with Gasteiger partial charge in [-0.15, -0.1) is 0 Å². The average Bonchev–Trinajstić information content (AvgIpc) is 3.10. The summed E-state index contributed by atoms with van der Waals surface area (Å²) in [5.41, 5.74) is 5.29. The highest BCUT2D eigenvalue weighted by molar-refractivity contribution is 5.89. The van der Waals surface area contributed by atoms with Gasteiger partial charge < -0.3 is 10.3 Å². The number of primary amides is 1. The quantitative estimate of drug-likeness (QED) is 0.272. The fraction of sp³-hybridized carbons (Fsp3) is 0.727. The van der Waals surface area contributed by atoms with Gasteiger partial charge in [-0.1, -0.05) is 76.9 Å². The van der Waals surface area contributed by atoms with Crippen LogP contribution in [0.25, 0.3) is 0 Å². The molecule has 148 valence electrons. The second kappa shape index (κ2) is 15.7. The Balaban J connectivity index is 1.85. The topological polar surface area (TPSA) is 60.9 Å². The van der Waals surface area contributed by atoms with Gasteiger partial charge >= 0.3 is 0 Å². The molecule has 4 heteroatoms. The molecule has 1 amide bonds. The molecule has 0 aromatic carbocycles. The number of carbonyl (C=O) groups excluding carboxylic acids is 1. The molecular formula is C22H39N3O. The Hall–Kier alpha value is -1.58. The Morgan fingerprint density at radius 3 is 2.04 bits per heavy atom. The molecule has 1 heterocycles. The zero-order valence-corrected chi connectivity index (χ0v) is 16.8. The van der Waals surface area contributed by atoms with E-state index in [1.807, 2.05) is 10.8 Å². The number of unbranched alkanes of at least 4 members (excludes halogenated alkanes) is 12. The fourth-order valence-electron chi connectivity index (χ4n) is 3.24. The standard InChI is InChI=1S/C22H39N3O/c1-2-3-4-5-6-7-8-9-10-11-12-13-14-15-16-17-19-25-20-18-24-22(25)21(23)26/h9-10,18,20H,2-8,11-17,19H2,1H3,(H2,23,26). The van der Waals surface area contributed by atoms with E-state index >= 15 is 0 Å². The highest BCUT2D eigenvalue weighted by Crippen LogP contribution is 2.10. The van der Waals surface area contributed by atoms with Crippen LogP contribution in [0.2, 0.25) is 0 Å². The van der Waals surface area contributed by atoms with E-state index in [9.17, 15) is 4.79 Å². The number of amides is 1. The van der Waals surface area contributed by atoms with Crippen molar-refractivity contribution in [1.29, 1.82) is 0 Å². The summed E-state index contributed by atoms with van der Waals surface area (Å²) in [6, 6.07) is 0. The number of allylic oxidation sites excluding steroid dienone is 2. The van der Waals surface area contributed by atoms with Crippen molar-refractivity contribution in [2.45, 2.75) is 103 Å². The average molecular weight is 362 g/mol. The molecule has 0 saturated carbocycles. The predicted octanol–water partition coefficient (Wildman–Crippen LogP) is 6.02. The molecule has 0 bridgehead atoms. The lowest BCUT2D eigenvalue weighted by atomic mass is 10.1. The number of hydrogen-bond acceptors (Lipinski definition) is 2. The van der Waals surface area contributed by atoms with Crippen LogP contribution in [-0.2, 0) is 6.54 Å². The van der Waals surface area contributed by atoms with Crippen molar-refractivity contribution in [3.05, 3.63) is 30.4 Å². The smallest absolute Gasteiger partial charge is 0.284 e. The summed E-state index contributed by atoms with van der Waals surface area (Å²) in [6.07, 6.45) is 26.5. The Morgan fingerprint density at radius 2 is 1.46 bits per heavy atom. The van der Waals surface area contributed by atoms with Crippen LogP contribution in [0.15, 0.2) is 24.5 Å². The van der Waals surface area contributed by atoms with Crippen molar-refractivity contribution in [1.82, 2.24) is 9.55 Å². The Bertz CT molecular complexity index is 493. The SMILES string of the molecule is CCCCCCCCC=CCCCCCCCCn1ccnc1C(N)=O. The van der Waals surface area contributed by atoms with Gasteiger partial charge in [0, 0.05) is 18.9 Å². The van der Waals surface area contributed by atoms with E-state index in [2.05, 4.69) is 24.1 Å². The second-order valence-corrected chi connectivity index (χ2v) is 7.25.